The van der Waals surface area contributed by atoms with Crippen LogP contribution in [-0.2, 0) is 4.79 Å². The molecule has 1 aromatic carbocycles. The molecule has 1 rings (SSSR count). The molecule has 0 aliphatic carbocycles. The number of nitriles is 1. The van der Waals surface area contributed by atoms with Crippen LogP contribution in [0.5, 0.6) is 0 Å². The lowest BCUT2D eigenvalue weighted by atomic mass is 9.98. The molecule has 2 unspecified atom stereocenters. The Hall–Kier alpha value is -1.47. The summed E-state index contributed by atoms with van der Waals surface area (Å²) in [5.41, 5.74) is 6.17. The van der Waals surface area contributed by atoms with E-state index in [1.165, 1.54) is 11.8 Å². The molecule has 0 heterocycles. The molecule has 1 amide bonds. The van der Waals surface area contributed by atoms with Gasteiger partial charge in [-0.15, -0.1) is 11.8 Å². The van der Waals surface area contributed by atoms with Crippen LogP contribution in [0.3, 0.4) is 0 Å². The molecule has 2 N–H and O–H groups in total. The second kappa shape index (κ2) is 6.19. The molecule has 0 aliphatic rings. The summed E-state index contributed by atoms with van der Waals surface area (Å²) in [6.07, 6.45) is 0. The number of carbonyl (C=O) groups excluding carboxylic acids is 1. The number of primary amides is 1. The highest BCUT2D eigenvalue weighted by molar-refractivity contribution is 8.00. The van der Waals surface area contributed by atoms with Gasteiger partial charge in [-0.2, -0.15) is 5.26 Å². The number of hydrogen-bond acceptors (Lipinski definition) is 3. The molecule has 0 aromatic heterocycles. The fourth-order valence-corrected chi connectivity index (χ4v) is 2.26. The van der Waals surface area contributed by atoms with Gasteiger partial charge in [0.05, 0.1) is 17.1 Å². The highest BCUT2D eigenvalue weighted by atomic mass is 32.2. The van der Waals surface area contributed by atoms with Gasteiger partial charge in [-0.05, 0) is 5.56 Å². The fraction of sp³-hybridized carbons (Fsp3) is 0.333. The summed E-state index contributed by atoms with van der Waals surface area (Å²) < 4.78 is 0. The van der Waals surface area contributed by atoms with E-state index in [2.05, 4.69) is 6.07 Å². The predicted octanol–water partition coefficient (Wildman–Crippen LogP) is 1.90. The van der Waals surface area contributed by atoms with E-state index in [-0.39, 0.29) is 22.8 Å². The van der Waals surface area contributed by atoms with Gasteiger partial charge in [0.15, 0.2) is 0 Å². The van der Waals surface area contributed by atoms with Crippen LogP contribution in [-0.4, -0.2) is 16.9 Å². The van der Waals surface area contributed by atoms with Crippen molar-refractivity contribution in [1.29, 1.82) is 5.26 Å². The number of rotatable bonds is 5. The molecule has 4 heteroatoms. The third-order valence-corrected chi connectivity index (χ3v) is 3.64. The van der Waals surface area contributed by atoms with Crippen LogP contribution in [0.4, 0.5) is 0 Å². The molecule has 0 radical (unpaired) electrons. The van der Waals surface area contributed by atoms with Crippen LogP contribution in [0.1, 0.15) is 18.4 Å². The third-order valence-electron chi connectivity index (χ3n) is 2.31. The second-order valence-electron chi connectivity index (χ2n) is 3.53. The number of benzene rings is 1. The zero-order valence-electron chi connectivity index (χ0n) is 9.09. The molecular formula is C12H14N2OS. The van der Waals surface area contributed by atoms with Crippen molar-refractivity contribution >= 4 is 17.7 Å². The first-order valence-electron chi connectivity index (χ1n) is 4.99. The lowest BCUT2D eigenvalue weighted by Crippen LogP contribution is -2.18. The molecule has 0 saturated carbocycles. The van der Waals surface area contributed by atoms with Gasteiger partial charge in [0.1, 0.15) is 0 Å². The summed E-state index contributed by atoms with van der Waals surface area (Å²) in [6, 6.07) is 12.0. The summed E-state index contributed by atoms with van der Waals surface area (Å²) in [5, 5.41) is 8.81. The maximum atomic E-state index is 10.7. The van der Waals surface area contributed by atoms with Crippen molar-refractivity contribution in [2.45, 2.75) is 18.1 Å². The van der Waals surface area contributed by atoms with E-state index in [1.807, 2.05) is 37.3 Å². The van der Waals surface area contributed by atoms with Gasteiger partial charge in [0.25, 0.3) is 0 Å². The quantitative estimate of drug-likeness (QED) is 0.846. The van der Waals surface area contributed by atoms with E-state index in [4.69, 9.17) is 11.0 Å². The molecule has 0 fully saturated rings. The molecule has 0 bridgehead atoms. The molecule has 3 nitrogen and oxygen atoms in total. The average Bonchev–Trinajstić information content (AvgIpc) is 2.30. The molecule has 0 saturated heterocycles. The van der Waals surface area contributed by atoms with Crippen LogP contribution >= 0.6 is 11.8 Å². The van der Waals surface area contributed by atoms with Crippen molar-refractivity contribution < 1.29 is 4.79 Å². The number of hydrogen-bond donors (Lipinski definition) is 1. The maximum Gasteiger partial charge on any atom is 0.227 e. The summed E-state index contributed by atoms with van der Waals surface area (Å²) in [4.78, 5) is 10.7. The van der Waals surface area contributed by atoms with E-state index in [0.717, 1.165) is 5.56 Å². The summed E-state index contributed by atoms with van der Waals surface area (Å²) in [6.45, 7) is 1.98. The topological polar surface area (TPSA) is 66.9 Å². The lowest BCUT2D eigenvalue weighted by molar-refractivity contribution is -0.115. The molecule has 84 valence electrons. The Kier molecular flexibility index (Phi) is 4.87. The number of amides is 1. The maximum absolute atomic E-state index is 10.7. The molecule has 16 heavy (non-hydrogen) atoms. The van der Waals surface area contributed by atoms with Gasteiger partial charge in [-0.25, -0.2) is 0 Å². The Labute approximate surface area is 99.6 Å². The van der Waals surface area contributed by atoms with Crippen molar-refractivity contribution in [3.8, 4) is 6.07 Å². The highest BCUT2D eigenvalue weighted by Crippen LogP contribution is 2.27. The second-order valence-corrected chi connectivity index (χ2v) is 4.66. The zero-order chi connectivity index (χ0) is 12.0. The molecule has 1 aromatic rings. The lowest BCUT2D eigenvalue weighted by Gasteiger charge is -2.16. The van der Waals surface area contributed by atoms with Crippen LogP contribution in [0, 0.1) is 11.3 Å². The van der Waals surface area contributed by atoms with Gasteiger partial charge in [0.2, 0.25) is 5.91 Å². The van der Waals surface area contributed by atoms with E-state index >= 15 is 0 Å². The Morgan fingerprint density at radius 3 is 2.62 bits per heavy atom. The van der Waals surface area contributed by atoms with Gasteiger partial charge in [-0.1, -0.05) is 37.3 Å². The van der Waals surface area contributed by atoms with Crippen LogP contribution in [0.25, 0.3) is 0 Å². The van der Waals surface area contributed by atoms with Crippen molar-refractivity contribution in [1.82, 2.24) is 0 Å². The molecule has 0 aliphatic heterocycles. The Bertz CT molecular complexity index is 386. The third kappa shape index (κ3) is 3.59. The number of nitrogens with two attached hydrogens (primary N) is 1. The van der Waals surface area contributed by atoms with Gasteiger partial charge < -0.3 is 5.73 Å². The largest absolute Gasteiger partial charge is 0.369 e. The first-order chi connectivity index (χ1) is 7.65. The van der Waals surface area contributed by atoms with E-state index < -0.39 is 0 Å². The Balaban J connectivity index is 2.67. The van der Waals surface area contributed by atoms with Crippen molar-refractivity contribution in [2.75, 3.05) is 5.75 Å². The van der Waals surface area contributed by atoms with Crippen LogP contribution in [0.15, 0.2) is 30.3 Å². The monoisotopic (exact) mass is 234 g/mol. The van der Waals surface area contributed by atoms with E-state index in [9.17, 15) is 4.79 Å². The van der Waals surface area contributed by atoms with Gasteiger partial charge in [-0.3, -0.25) is 4.79 Å². The summed E-state index contributed by atoms with van der Waals surface area (Å²) in [7, 11) is 0. The predicted molar refractivity (Wildman–Crippen MR) is 65.9 cm³/mol. The smallest absolute Gasteiger partial charge is 0.227 e. The summed E-state index contributed by atoms with van der Waals surface area (Å²) >= 11 is 1.30. The highest BCUT2D eigenvalue weighted by Gasteiger charge is 2.19. The number of thioether (sulfide) groups is 1. The number of carbonyl (C=O) groups is 1. The minimum atomic E-state index is -0.384. The molecular weight excluding hydrogens is 220 g/mol. The minimum Gasteiger partial charge on any atom is -0.369 e. The minimum absolute atomic E-state index is 0.0931. The van der Waals surface area contributed by atoms with Crippen molar-refractivity contribution in [3.63, 3.8) is 0 Å². The first-order valence-corrected chi connectivity index (χ1v) is 6.04. The van der Waals surface area contributed by atoms with E-state index in [0.29, 0.717) is 0 Å². The van der Waals surface area contributed by atoms with Crippen LogP contribution < -0.4 is 5.73 Å². The normalized spacial score (nSPS) is 13.8. The first kappa shape index (κ1) is 12.6. The van der Waals surface area contributed by atoms with Crippen molar-refractivity contribution in [2.24, 2.45) is 5.73 Å². The van der Waals surface area contributed by atoms with Gasteiger partial charge >= 0.3 is 0 Å². The van der Waals surface area contributed by atoms with Gasteiger partial charge in [0, 0.05) is 5.92 Å². The SMILES string of the molecule is CC(c1ccccc1)C(C#N)SCC(N)=O. The van der Waals surface area contributed by atoms with Crippen LogP contribution in [0.2, 0.25) is 0 Å². The summed E-state index contributed by atoms with van der Waals surface area (Å²) in [5.74, 6) is -0.101. The Morgan fingerprint density at radius 2 is 2.12 bits per heavy atom. The standard InChI is InChI=1S/C12H14N2OS/c1-9(10-5-3-2-4-6-10)11(7-13)16-8-12(14)15/h2-6,9,11H,8H2,1H3,(H2,14,15). The fourth-order valence-electron chi connectivity index (χ4n) is 1.40. The molecule has 0 spiro atoms. The Morgan fingerprint density at radius 1 is 1.50 bits per heavy atom. The molecule has 2 atom stereocenters. The number of nitrogens with zero attached hydrogens (tertiary/aromatic N) is 1. The zero-order valence-corrected chi connectivity index (χ0v) is 9.91. The van der Waals surface area contributed by atoms with E-state index in [1.54, 1.807) is 0 Å². The average molecular weight is 234 g/mol. The van der Waals surface area contributed by atoms with Crippen molar-refractivity contribution in [3.05, 3.63) is 35.9 Å².